The van der Waals surface area contributed by atoms with Gasteiger partial charge in [-0.05, 0) is 37.6 Å². The lowest BCUT2D eigenvalue weighted by Gasteiger charge is -2.19. The standard InChI is InChI=1S/C17H19NO/c1-13-9-10-14(2)16(11-13)17(19)12-18(3)15-7-5-4-6-8-15/h4-11H,12H2,1-3H3. The van der Waals surface area contributed by atoms with Crippen LogP contribution >= 0.6 is 0 Å². The Morgan fingerprint density at radius 3 is 2.42 bits per heavy atom. The van der Waals surface area contributed by atoms with E-state index in [4.69, 9.17) is 0 Å². The van der Waals surface area contributed by atoms with Gasteiger partial charge < -0.3 is 4.90 Å². The second-order valence-electron chi connectivity index (χ2n) is 4.93. The van der Waals surface area contributed by atoms with Gasteiger partial charge in [-0.2, -0.15) is 0 Å². The van der Waals surface area contributed by atoms with E-state index in [0.29, 0.717) is 6.54 Å². The number of carbonyl (C=O) groups excluding carboxylic acids is 1. The molecule has 0 spiro atoms. The molecule has 0 saturated carbocycles. The lowest BCUT2D eigenvalue weighted by atomic mass is 10.0. The highest BCUT2D eigenvalue weighted by atomic mass is 16.1. The number of ketones is 1. The van der Waals surface area contributed by atoms with E-state index in [1.165, 1.54) is 0 Å². The number of likely N-dealkylation sites (N-methyl/N-ethyl adjacent to an activating group) is 1. The number of anilines is 1. The highest BCUT2D eigenvalue weighted by Crippen LogP contribution is 2.15. The molecule has 0 N–H and O–H groups in total. The fourth-order valence-electron chi connectivity index (χ4n) is 2.11. The summed E-state index contributed by atoms with van der Waals surface area (Å²) in [4.78, 5) is 14.3. The van der Waals surface area contributed by atoms with Gasteiger partial charge in [-0.15, -0.1) is 0 Å². The maximum atomic E-state index is 12.4. The first kappa shape index (κ1) is 13.3. The predicted octanol–water partition coefficient (Wildman–Crippen LogP) is 3.62. The van der Waals surface area contributed by atoms with Crippen molar-refractivity contribution < 1.29 is 4.79 Å². The Bertz CT molecular complexity index is 575. The second kappa shape index (κ2) is 5.70. The minimum absolute atomic E-state index is 0.160. The first-order valence-electron chi connectivity index (χ1n) is 6.44. The number of benzene rings is 2. The molecule has 0 aromatic heterocycles. The molecule has 0 aliphatic rings. The van der Waals surface area contributed by atoms with Crippen LogP contribution in [0.3, 0.4) is 0 Å². The number of hydrogen-bond acceptors (Lipinski definition) is 2. The van der Waals surface area contributed by atoms with Crippen LogP contribution < -0.4 is 4.90 Å². The minimum Gasteiger partial charge on any atom is -0.367 e. The number of nitrogens with zero attached hydrogens (tertiary/aromatic N) is 1. The van der Waals surface area contributed by atoms with Crippen LogP contribution in [0.1, 0.15) is 21.5 Å². The normalized spacial score (nSPS) is 10.3. The molecule has 19 heavy (non-hydrogen) atoms. The molecule has 0 fully saturated rings. The molecule has 0 amide bonds. The van der Waals surface area contributed by atoms with Crippen LogP contribution in [-0.4, -0.2) is 19.4 Å². The van der Waals surface area contributed by atoms with Gasteiger partial charge in [0.2, 0.25) is 0 Å². The van der Waals surface area contributed by atoms with Crippen molar-refractivity contribution in [1.82, 2.24) is 0 Å². The summed E-state index contributed by atoms with van der Waals surface area (Å²) in [7, 11) is 1.94. The fraction of sp³-hybridized carbons (Fsp3) is 0.235. The molecule has 0 unspecified atom stereocenters. The zero-order valence-corrected chi connectivity index (χ0v) is 11.7. The van der Waals surface area contributed by atoms with Gasteiger partial charge in [0.15, 0.2) is 5.78 Å². The van der Waals surface area contributed by atoms with Crippen molar-refractivity contribution in [3.8, 4) is 0 Å². The Morgan fingerprint density at radius 2 is 1.74 bits per heavy atom. The van der Waals surface area contributed by atoms with Crippen molar-refractivity contribution in [1.29, 1.82) is 0 Å². The zero-order chi connectivity index (χ0) is 13.8. The summed E-state index contributed by atoms with van der Waals surface area (Å²) in [6.07, 6.45) is 0. The molecule has 0 aliphatic heterocycles. The number of para-hydroxylation sites is 1. The molecule has 2 nitrogen and oxygen atoms in total. The van der Waals surface area contributed by atoms with Gasteiger partial charge in [0.25, 0.3) is 0 Å². The molecule has 0 atom stereocenters. The molecule has 2 aromatic rings. The first-order valence-corrected chi connectivity index (χ1v) is 6.44. The number of Topliss-reactive ketones (excluding diaryl/α,β-unsaturated/α-hetero) is 1. The monoisotopic (exact) mass is 253 g/mol. The second-order valence-corrected chi connectivity index (χ2v) is 4.93. The molecular weight excluding hydrogens is 234 g/mol. The molecule has 0 heterocycles. The van der Waals surface area contributed by atoms with Crippen LogP contribution in [0.5, 0.6) is 0 Å². The third-order valence-electron chi connectivity index (χ3n) is 3.27. The molecule has 98 valence electrons. The van der Waals surface area contributed by atoms with E-state index in [1.807, 2.05) is 74.3 Å². The minimum atomic E-state index is 0.160. The van der Waals surface area contributed by atoms with Crippen LogP contribution in [0.25, 0.3) is 0 Å². The highest BCUT2D eigenvalue weighted by Gasteiger charge is 2.12. The molecule has 0 bridgehead atoms. The van der Waals surface area contributed by atoms with Crippen molar-refractivity contribution in [3.63, 3.8) is 0 Å². The van der Waals surface area contributed by atoms with E-state index in [9.17, 15) is 4.79 Å². The molecule has 0 radical (unpaired) electrons. The van der Waals surface area contributed by atoms with Crippen molar-refractivity contribution >= 4 is 11.5 Å². The Labute approximate surface area is 114 Å². The van der Waals surface area contributed by atoms with Gasteiger partial charge in [-0.25, -0.2) is 0 Å². The molecule has 2 rings (SSSR count). The van der Waals surface area contributed by atoms with Crippen molar-refractivity contribution in [2.45, 2.75) is 13.8 Å². The van der Waals surface area contributed by atoms with Crippen molar-refractivity contribution in [3.05, 3.63) is 65.2 Å². The zero-order valence-electron chi connectivity index (χ0n) is 11.7. The van der Waals surface area contributed by atoms with E-state index in [-0.39, 0.29) is 5.78 Å². The number of rotatable bonds is 4. The van der Waals surface area contributed by atoms with Gasteiger partial charge in [0.1, 0.15) is 0 Å². The van der Waals surface area contributed by atoms with E-state index < -0.39 is 0 Å². The lowest BCUT2D eigenvalue weighted by Crippen LogP contribution is -2.26. The number of carbonyl (C=O) groups is 1. The largest absolute Gasteiger partial charge is 0.367 e. The van der Waals surface area contributed by atoms with Gasteiger partial charge in [-0.3, -0.25) is 4.79 Å². The predicted molar refractivity (Wildman–Crippen MR) is 80.0 cm³/mol. The molecular formula is C17H19NO. The van der Waals surface area contributed by atoms with Gasteiger partial charge in [0, 0.05) is 18.3 Å². The Hall–Kier alpha value is -2.09. The summed E-state index contributed by atoms with van der Waals surface area (Å²) in [5, 5.41) is 0. The Balaban J connectivity index is 2.15. The summed E-state index contributed by atoms with van der Waals surface area (Å²) in [6, 6.07) is 16.0. The summed E-state index contributed by atoms with van der Waals surface area (Å²) in [5.41, 5.74) is 4.04. The summed E-state index contributed by atoms with van der Waals surface area (Å²) in [5.74, 6) is 0.160. The van der Waals surface area contributed by atoms with Crippen LogP contribution in [0.15, 0.2) is 48.5 Å². The quantitative estimate of drug-likeness (QED) is 0.776. The maximum absolute atomic E-state index is 12.4. The Morgan fingerprint density at radius 1 is 1.05 bits per heavy atom. The van der Waals surface area contributed by atoms with Crippen molar-refractivity contribution in [2.24, 2.45) is 0 Å². The van der Waals surface area contributed by atoms with Gasteiger partial charge in [-0.1, -0.05) is 35.9 Å². The maximum Gasteiger partial charge on any atom is 0.182 e. The third-order valence-corrected chi connectivity index (χ3v) is 3.27. The molecule has 0 saturated heterocycles. The molecule has 2 aromatic carbocycles. The highest BCUT2D eigenvalue weighted by molar-refractivity contribution is 6.00. The third kappa shape index (κ3) is 3.22. The lowest BCUT2D eigenvalue weighted by molar-refractivity contribution is 0.0999. The van der Waals surface area contributed by atoms with Gasteiger partial charge >= 0.3 is 0 Å². The number of aryl methyl sites for hydroxylation is 2. The summed E-state index contributed by atoms with van der Waals surface area (Å²) in [6.45, 7) is 4.39. The van der Waals surface area contributed by atoms with Crippen LogP contribution in [0.4, 0.5) is 5.69 Å². The topological polar surface area (TPSA) is 20.3 Å². The van der Waals surface area contributed by atoms with E-state index in [1.54, 1.807) is 0 Å². The van der Waals surface area contributed by atoms with Crippen LogP contribution in [-0.2, 0) is 0 Å². The molecule has 2 heteroatoms. The summed E-state index contributed by atoms with van der Waals surface area (Å²) < 4.78 is 0. The van der Waals surface area contributed by atoms with Crippen LogP contribution in [0, 0.1) is 13.8 Å². The average molecular weight is 253 g/mol. The van der Waals surface area contributed by atoms with Crippen LogP contribution in [0.2, 0.25) is 0 Å². The molecule has 0 aliphatic carbocycles. The van der Waals surface area contributed by atoms with E-state index >= 15 is 0 Å². The SMILES string of the molecule is Cc1ccc(C)c(C(=O)CN(C)c2ccccc2)c1. The van der Waals surface area contributed by atoms with E-state index in [2.05, 4.69) is 0 Å². The fourth-order valence-corrected chi connectivity index (χ4v) is 2.11. The summed E-state index contributed by atoms with van der Waals surface area (Å²) >= 11 is 0. The van der Waals surface area contributed by atoms with Gasteiger partial charge in [0.05, 0.1) is 6.54 Å². The Kier molecular flexibility index (Phi) is 4.00. The first-order chi connectivity index (χ1) is 9.08. The van der Waals surface area contributed by atoms with E-state index in [0.717, 1.165) is 22.4 Å². The number of hydrogen-bond donors (Lipinski definition) is 0. The average Bonchev–Trinajstić information content (AvgIpc) is 2.42. The smallest absolute Gasteiger partial charge is 0.182 e. The van der Waals surface area contributed by atoms with Crippen molar-refractivity contribution in [2.75, 3.05) is 18.5 Å².